The smallest absolute Gasteiger partial charge is 0.315 e. The Balaban J connectivity index is 1.36. The molecule has 2 aromatic rings. The van der Waals surface area contributed by atoms with Gasteiger partial charge >= 0.3 is 6.03 Å². The van der Waals surface area contributed by atoms with Crippen LogP contribution in [0.3, 0.4) is 0 Å². The fraction of sp³-hybridized carbons (Fsp3) is 0.462. The molecular weight excluding hydrogens is 414 g/mol. The minimum absolute atomic E-state index is 0.0944. The van der Waals surface area contributed by atoms with Gasteiger partial charge in [-0.15, -0.1) is 0 Å². The predicted molar refractivity (Wildman–Crippen MR) is 131 cm³/mol. The van der Waals surface area contributed by atoms with Crippen molar-refractivity contribution in [2.75, 3.05) is 38.1 Å². The van der Waals surface area contributed by atoms with Crippen LogP contribution < -0.4 is 20.9 Å². The second-order valence-corrected chi connectivity index (χ2v) is 9.18. The molecule has 1 aliphatic carbocycles. The number of hydrogen-bond donors (Lipinski definition) is 3. The highest BCUT2D eigenvalue weighted by molar-refractivity contribution is 5.91. The second kappa shape index (κ2) is 10.7. The van der Waals surface area contributed by atoms with Gasteiger partial charge in [-0.1, -0.05) is 61.4 Å². The summed E-state index contributed by atoms with van der Waals surface area (Å²) in [6.07, 6.45) is 3.20. The van der Waals surface area contributed by atoms with Crippen molar-refractivity contribution in [3.63, 3.8) is 0 Å². The molecule has 0 unspecified atom stereocenters. The highest BCUT2D eigenvalue weighted by Crippen LogP contribution is 2.30. The van der Waals surface area contributed by atoms with E-state index in [-0.39, 0.29) is 11.9 Å². The maximum absolute atomic E-state index is 13.3. The fourth-order valence-corrected chi connectivity index (χ4v) is 4.79. The summed E-state index contributed by atoms with van der Waals surface area (Å²) in [6, 6.07) is 17.8. The Labute approximate surface area is 196 Å². The van der Waals surface area contributed by atoms with Crippen LogP contribution in [0.5, 0.6) is 0 Å². The van der Waals surface area contributed by atoms with Gasteiger partial charge in [-0.25, -0.2) is 4.79 Å². The minimum atomic E-state index is -0.844. The number of rotatable bonds is 7. The maximum Gasteiger partial charge on any atom is 0.315 e. The summed E-state index contributed by atoms with van der Waals surface area (Å²) in [5.74, 6) is -0.0944. The number of likely N-dealkylation sites (N-methyl/N-ethyl adjacent to an activating group) is 1. The van der Waals surface area contributed by atoms with E-state index in [1.807, 2.05) is 36.4 Å². The fourth-order valence-electron chi connectivity index (χ4n) is 4.79. The molecule has 3 amide bonds. The summed E-state index contributed by atoms with van der Waals surface area (Å²) >= 11 is 0. The van der Waals surface area contributed by atoms with Crippen molar-refractivity contribution in [1.82, 2.24) is 20.9 Å². The number of nitrogens with zero attached hydrogens (tertiary/aromatic N) is 2. The Bertz CT molecular complexity index is 935. The number of nitrogens with one attached hydrogen (secondary N) is 3. The van der Waals surface area contributed by atoms with Gasteiger partial charge < -0.3 is 25.8 Å². The van der Waals surface area contributed by atoms with E-state index >= 15 is 0 Å². The van der Waals surface area contributed by atoms with Crippen molar-refractivity contribution in [2.45, 2.75) is 44.3 Å². The molecule has 2 aromatic carbocycles. The molecule has 1 aliphatic heterocycles. The molecule has 0 bridgehead atoms. The van der Waals surface area contributed by atoms with Crippen LogP contribution in [0.4, 0.5) is 10.5 Å². The van der Waals surface area contributed by atoms with Gasteiger partial charge in [0, 0.05) is 45.0 Å². The summed E-state index contributed by atoms with van der Waals surface area (Å²) in [6.45, 7) is 4.92. The van der Waals surface area contributed by atoms with Gasteiger partial charge in [0.1, 0.15) is 5.54 Å². The average Bonchev–Trinajstić information content (AvgIpc) is 3.32. The van der Waals surface area contributed by atoms with E-state index < -0.39 is 5.54 Å². The van der Waals surface area contributed by atoms with Gasteiger partial charge in [0.15, 0.2) is 0 Å². The molecule has 1 heterocycles. The summed E-state index contributed by atoms with van der Waals surface area (Å²) in [5.41, 5.74) is 2.47. The van der Waals surface area contributed by atoms with E-state index in [2.05, 4.69) is 51.0 Å². The monoisotopic (exact) mass is 449 g/mol. The van der Waals surface area contributed by atoms with Crippen molar-refractivity contribution in [3.05, 3.63) is 65.7 Å². The van der Waals surface area contributed by atoms with Gasteiger partial charge in [0.25, 0.3) is 0 Å². The molecule has 0 atom stereocenters. The summed E-state index contributed by atoms with van der Waals surface area (Å²) < 4.78 is 0. The Hall–Kier alpha value is -3.06. The molecule has 33 heavy (non-hydrogen) atoms. The highest BCUT2D eigenvalue weighted by Gasteiger charge is 2.42. The summed E-state index contributed by atoms with van der Waals surface area (Å²) in [5, 5.41) is 9.03. The van der Waals surface area contributed by atoms with Gasteiger partial charge in [0.05, 0.1) is 0 Å². The molecule has 0 aromatic heterocycles. The van der Waals surface area contributed by atoms with E-state index in [9.17, 15) is 9.59 Å². The maximum atomic E-state index is 13.3. The lowest BCUT2D eigenvalue weighted by Gasteiger charge is -2.35. The first-order valence-corrected chi connectivity index (χ1v) is 12.0. The lowest BCUT2D eigenvalue weighted by molar-refractivity contribution is -0.127. The molecule has 176 valence electrons. The third-order valence-corrected chi connectivity index (χ3v) is 6.82. The number of benzene rings is 2. The largest absolute Gasteiger partial charge is 0.369 e. The van der Waals surface area contributed by atoms with Crippen LogP contribution in [0.1, 0.15) is 36.8 Å². The zero-order valence-corrected chi connectivity index (χ0v) is 19.5. The topological polar surface area (TPSA) is 76.7 Å². The normalized spacial score (nSPS) is 18.0. The first kappa shape index (κ1) is 23.1. The highest BCUT2D eigenvalue weighted by atomic mass is 16.2. The number of hydrogen-bond acceptors (Lipinski definition) is 4. The van der Waals surface area contributed by atoms with E-state index in [1.165, 1.54) is 5.69 Å². The van der Waals surface area contributed by atoms with Gasteiger partial charge in [-0.05, 0) is 37.1 Å². The number of carbonyl (C=O) groups is 2. The molecule has 1 saturated heterocycles. The lowest BCUT2D eigenvalue weighted by Crippen LogP contribution is -2.59. The van der Waals surface area contributed by atoms with Crippen LogP contribution in [0.15, 0.2) is 54.6 Å². The lowest BCUT2D eigenvalue weighted by atomic mass is 9.96. The van der Waals surface area contributed by atoms with Crippen molar-refractivity contribution in [2.24, 2.45) is 0 Å². The molecule has 2 fully saturated rings. The van der Waals surface area contributed by atoms with Crippen molar-refractivity contribution < 1.29 is 9.59 Å². The Morgan fingerprint density at radius 3 is 2.24 bits per heavy atom. The van der Waals surface area contributed by atoms with Crippen LogP contribution in [-0.4, -0.2) is 55.6 Å². The molecule has 0 radical (unpaired) electrons. The van der Waals surface area contributed by atoms with E-state index in [4.69, 9.17) is 0 Å². The Kier molecular flexibility index (Phi) is 7.50. The Morgan fingerprint density at radius 2 is 1.52 bits per heavy atom. The van der Waals surface area contributed by atoms with Gasteiger partial charge in [0.2, 0.25) is 5.91 Å². The van der Waals surface area contributed by atoms with Crippen LogP contribution in [0.2, 0.25) is 0 Å². The minimum Gasteiger partial charge on any atom is -0.369 e. The number of urea groups is 1. The van der Waals surface area contributed by atoms with Crippen molar-refractivity contribution in [3.8, 4) is 0 Å². The number of carbonyl (C=O) groups excluding carboxylic acids is 2. The second-order valence-electron chi connectivity index (χ2n) is 9.18. The summed E-state index contributed by atoms with van der Waals surface area (Å²) in [4.78, 5) is 30.7. The molecule has 1 saturated carbocycles. The van der Waals surface area contributed by atoms with E-state index in [1.54, 1.807) is 0 Å². The summed E-state index contributed by atoms with van der Waals surface area (Å²) in [7, 11) is 2.15. The molecule has 4 rings (SSSR count). The van der Waals surface area contributed by atoms with Crippen LogP contribution in [-0.2, 0) is 17.9 Å². The zero-order valence-electron chi connectivity index (χ0n) is 19.5. The number of para-hydroxylation sites is 1. The van der Waals surface area contributed by atoms with Gasteiger partial charge in [-0.2, -0.15) is 0 Å². The SMILES string of the molecule is CN1CCN(c2ccccc2CNC(=O)C2(NC(=O)NCc3ccccc3)CCCC2)CC1. The molecule has 2 aliphatic rings. The number of piperazine rings is 1. The van der Waals surface area contributed by atoms with Crippen LogP contribution >= 0.6 is 0 Å². The standard InChI is InChI=1S/C26H35N5O2/c1-30-15-17-31(18-16-30)23-12-6-5-11-22(23)20-27-24(32)26(13-7-8-14-26)29-25(33)28-19-21-9-3-2-4-10-21/h2-6,9-12H,7-8,13-20H2,1H3,(H,27,32)(H2,28,29,33). The Morgan fingerprint density at radius 1 is 0.848 bits per heavy atom. The van der Waals surface area contributed by atoms with Crippen LogP contribution in [0.25, 0.3) is 0 Å². The third kappa shape index (κ3) is 5.85. The predicted octanol–water partition coefficient (Wildman–Crippen LogP) is 2.87. The third-order valence-electron chi connectivity index (χ3n) is 6.82. The average molecular weight is 450 g/mol. The van der Waals surface area contributed by atoms with E-state index in [0.29, 0.717) is 25.9 Å². The van der Waals surface area contributed by atoms with Crippen LogP contribution in [0, 0.1) is 0 Å². The molecule has 7 nitrogen and oxygen atoms in total. The zero-order chi connectivity index (χ0) is 23.1. The molecule has 0 spiro atoms. The van der Waals surface area contributed by atoms with Crippen molar-refractivity contribution in [1.29, 1.82) is 0 Å². The molecule has 7 heteroatoms. The van der Waals surface area contributed by atoms with E-state index in [0.717, 1.165) is 50.1 Å². The first-order chi connectivity index (χ1) is 16.1. The quantitative estimate of drug-likeness (QED) is 0.608. The van der Waals surface area contributed by atoms with Gasteiger partial charge in [-0.3, -0.25) is 4.79 Å². The van der Waals surface area contributed by atoms with Crippen molar-refractivity contribution >= 4 is 17.6 Å². The molecular formula is C26H35N5O2. The first-order valence-electron chi connectivity index (χ1n) is 12.0. The number of anilines is 1. The molecule has 3 N–H and O–H groups in total. The number of amides is 3.